The molecule has 1 aliphatic heterocycles. The van der Waals surface area contributed by atoms with E-state index in [0.29, 0.717) is 12.3 Å². The highest BCUT2D eigenvalue weighted by molar-refractivity contribution is 6.20. The number of fused-ring (bicyclic) bond motifs is 10. The molecular weight excluding hydrogens is 635 g/mol. The molecule has 1 aliphatic rings. The van der Waals surface area contributed by atoms with Gasteiger partial charge >= 0.3 is 0 Å². The van der Waals surface area contributed by atoms with Crippen LogP contribution in [-0.4, -0.2) is 15.0 Å². The zero-order valence-corrected chi connectivity index (χ0v) is 28.7. The van der Waals surface area contributed by atoms with Crippen LogP contribution in [0.25, 0.3) is 76.6 Å². The van der Waals surface area contributed by atoms with Crippen molar-refractivity contribution in [2.75, 3.05) is 0 Å². The fourth-order valence-corrected chi connectivity index (χ4v) is 8.74. The van der Waals surface area contributed by atoms with Gasteiger partial charge in [0.25, 0.3) is 0 Å². The zero-order valence-electron chi connectivity index (χ0n) is 28.7. The predicted molar refractivity (Wildman–Crippen MR) is 217 cm³/mol. The molecular formula is C48H33N3O. The fourth-order valence-electron chi connectivity index (χ4n) is 8.74. The Balaban J connectivity index is 1.25. The molecule has 4 heteroatoms. The minimum absolute atomic E-state index is 0.658. The molecule has 246 valence electrons. The van der Waals surface area contributed by atoms with E-state index in [1.165, 1.54) is 60.1 Å². The lowest BCUT2D eigenvalue weighted by Crippen LogP contribution is -2.12. The lowest BCUT2D eigenvalue weighted by atomic mass is 9.87. The van der Waals surface area contributed by atoms with Crippen LogP contribution in [0.3, 0.4) is 0 Å². The highest BCUT2D eigenvalue weighted by Gasteiger charge is 2.29. The highest BCUT2D eigenvalue weighted by Crippen LogP contribution is 2.48. The zero-order chi connectivity index (χ0) is 34.3. The predicted octanol–water partition coefficient (Wildman–Crippen LogP) is 13.0. The molecule has 0 spiro atoms. The topological polar surface area (TPSA) is 35.4 Å². The normalized spacial score (nSPS) is 13.5. The van der Waals surface area contributed by atoms with Gasteiger partial charge in [-0.25, -0.2) is 0 Å². The number of aliphatic imine (C=N–C) groups is 1. The maximum atomic E-state index is 6.77. The van der Waals surface area contributed by atoms with Crippen LogP contribution in [0.5, 0.6) is 0 Å². The first-order valence-electron chi connectivity index (χ1n) is 18.1. The number of hydrogen-bond acceptors (Lipinski definition) is 2. The van der Waals surface area contributed by atoms with Crippen LogP contribution >= 0.6 is 0 Å². The van der Waals surface area contributed by atoms with Gasteiger partial charge in [-0.1, -0.05) is 122 Å². The first-order chi connectivity index (χ1) is 25.8. The maximum absolute atomic E-state index is 6.77. The van der Waals surface area contributed by atoms with E-state index in [2.05, 4.69) is 168 Å². The second kappa shape index (κ2) is 11.2. The van der Waals surface area contributed by atoms with E-state index in [9.17, 15) is 0 Å². The Labute approximate surface area is 300 Å². The molecule has 4 heterocycles. The molecule has 0 unspecified atom stereocenters. The second-order valence-electron chi connectivity index (χ2n) is 13.8. The van der Waals surface area contributed by atoms with E-state index in [1.54, 1.807) is 0 Å². The summed E-state index contributed by atoms with van der Waals surface area (Å²) < 4.78 is 11.6. The molecule has 0 amide bonds. The van der Waals surface area contributed by atoms with E-state index < -0.39 is 0 Å². The van der Waals surface area contributed by atoms with Gasteiger partial charge in [0.1, 0.15) is 11.4 Å². The van der Waals surface area contributed by atoms with Crippen molar-refractivity contribution in [1.82, 2.24) is 9.13 Å². The number of aromatic nitrogens is 2. The molecule has 0 fully saturated rings. The summed E-state index contributed by atoms with van der Waals surface area (Å²) >= 11 is 0. The van der Waals surface area contributed by atoms with Crippen molar-refractivity contribution in [1.29, 1.82) is 0 Å². The number of rotatable bonds is 3. The third-order valence-corrected chi connectivity index (χ3v) is 11.0. The van der Waals surface area contributed by atoms with Gasteiger partial charge in [0.15, 0.2) is 0 Å². The lowest BCUT2D eigenvalue weighted by Gasteiger charge is -2.16. The van der Waals surface area contributed by atoms with Gasteiger partial charge in [-0.2, -0.15) is 4.99 Å². The van der Waals surface area contributed by atoms with Crippen molar-refractivity contribution in [3.05, 3.63) is 174 Å². The summed E-state index contributed by atoms with van der Waals surface area (Å²) in [6.45, 7) is 2.28. The number of benzene rings is 7. The van der Waals surface area contributed by atoms with E-state index in [4.69, 9.17) is 9.41 Å². The Hall–Kier alpha value is -6.65. The van der Waals surface area contributed by atoms with Crippen molar-refractivity contribution in [3.63, 3.8) is 0 Å². The third kappa shape index (κ3) is 4.12. The number of hydrogen-bond donors (Lipinski definition) is 0. The van der Waals surface area contributed by atoms with Crippen LogP contribution in [0.2, 0.25) is 0 Å². The van der Waals surface area contributed by atoms with Crippen molar-refractivity contribution < 1.29 is 4.42 Å². The molecule has 0 radical (unpaired) electrons. The summed E-state index contributed by atoms with van der Waals surface area (Å²) in [5, 5.41) is 8.46. The molecule has 4 nitrogen and oxygen atoms in total. The average Bonchev–Trinajstić information content (AvgIpc) is 3.80. The molecule has 7 aromatic carbocycles. The largest absolute Gasteiger partial charge is 0.438 e. The fraction of sp³-hybridized carbons (Fsp3) is 0.0625. The Bertz CT molecular complexity index is 3130. The Morgan fingerprint density at radius 3 is 2.02 bits per heavy atom. The molecule has 0 bridgehead atoms. The summed E-state index contributed by atoms with van der Waals surface area (Å²) in [6.07, 6.45) is 1.54. The van der Waals surface area contributed by atoms with Gasteiger partial charge in [0.2, 0.25) is 5.88 Å². The van der Waals surface area contributed by atoms with Gasteiger partial charge < -0.3 is 8.98 Å². The molecule has 0 atom stereocenters. The van der Waals surface area contributed by atoms with Gasteiger partial charge in [0, 0.05) is 39.0 Å². The Morgan fingerprint density at radius 1 is 0.558 bits per heavy atom. The van der Waals surface area contributed by atoms with Crippen LogP contribution in [0.15, 0.2) is 173 Å². The summed E-state index contributed by atoms with van der Waals surface area (Å²) in [5.41, 5.74) is 11.5. The van der Waals surface area contributed by atoms with Gasteiger partial charge in [-0.15, -0.1) is 0 Å². The summed E-state index contributed by atoms with van der Waals surface area (Å²) in [6, 6.07) is 56.7. The molecule has 52 heavy (non-hydrogen) atoms. The van der Waals surface area contributed by atoms with E-state index in [1.807, 2.05) is 6.07 Å². The van der Waals surface area contributed by atoms with Crippen LogP contribution in [0.1, 0.15) is 30.9 Å². The van der Waals surface area contributed by atoms with Crippen LogP contribution in [0, 0.1) is 0 Å². The SMILES string of the molecule is CCC1=C(c2cccc3c2c2ccccc2n3-c2ccccc2)c2c(oc3ccccc23)N=C(n2c3ccccc3c3cc4ccccc4cc32)C1. The third-order valence-electron chi connectivity index (χ3n) is 11.0. The van der Waals surface area contributed by atoms with E-state index in [0.717, 1.165) is 45.5 Å². The smallest absolute Gasteiger partial charge is 0.229 e. The summed E-state index contributed by atoms with van der Waals surface area (Å²) in [5.74, 6) is 1.62. The lowest BCUT2D eigenvalue weighted by molar-refractivity contribution is 0.624. The van der Waals surface area contributed by atoms with Gasteiger partial charge in [-0.3, -0.25) is 4.57 Å². The van der Waals surface area contributed by atoms with Gasteiger partial charge in [0.05, 0.1) is 27.6 Å². The number of furan rings is 1. The first-order valence-corrected chi connectivity index (χ1v) is 18.1. The molecule has 0 N–H and O–H groups in total. The molecule has 11 rings (SSSR count). The van der Waals surface area contributed by atoms with Crippen molar-refractivity contribution >= 4 is 82.6 Å². The molecule has 0 saturated carbocycles. The maximum Gasteiger partial charge on any atom is 0.229 e. The van der Waals surface area contributed by atoms with Crippen molar-refractivity contribution in [2.45, 2.75) is 19.8 Å². The van der Waals surface area contributed by atoms with E-state index in [-0.39, 0.29) is 0 Å². The van der Waals surface area contributed by atoms with Crippen LogP contribution in [0.4, 0.5) is 5.88 Å². The summed E-state index contributed by atoms with van der Waals surface area (Å²) in [4.78, 5) is 5.53. The minimum Gasteiger partial charge on any atom is -0.438 e. The molecule has 0 aliphatic carbocycles. The van der Waals surface area contributed by atoms with Crippen molar-refractivity contribution in [3.8, 4) is 5.69 Å². The Morgan fingerprint density at radius 2 is 1.21 bits per heavy atom. The standard InChI is InChI=1S/C48H33N3O/c1-2-30-29-44(51-39-23-11-8-19-34(39)38-27-31-15-6-7-16-32(31)28-42(38)51)49-48-47(36-21-10-13-26-43(36)52-48)45(30)37-22-14-25-41-46(37)35-20-9-12-24-40(35)50(41)33-17-4-3-5-18-33/h3-28H,2,29H2,1H3. The van der Waals surface area contributed by atoms with Crippen LogP contribution < -0.4 is 0 Å². The summed E-state index contributed by atoms with van der Waals surface area (Å²) in [7, 11) is 0. The number of allylic oxidation sites excluding steroid dienone is 1. The average molecular weight is 668 g/mol. The molecule has 10 aromatic rings. The first kappa shape index (κ1) is 29.1. The molecule has 0 saturated heterocycles. The Kier molecular flexibility index (Phi) is 6.26. The van der Waals surface area contributed by atoms with Gasteiger partial charge in [-0.05, 0) is 76.9 Å². The minimum atomic E-state index is 0.658. The molecule has 3 aromatic heterocycles. The second-order valence-corrected chi connectivity index (χ2v) is 13.8. The quantitative estimate of drug-likeness (QED) is 0.185. The monoisotopic (exact) mass is 667 g/mol. The van der Waals surface area contributed by atoms with Crippen molar-refractivity contribution in [2.24, 2.45) is 4.99 Å². The van der Waals surface area contributed by atoms with Crippen LogP contribution in [-0.2, 0) is 0 Å². The highest BCUT2D eigenvalue weighted by atomic mass is 16.3. The number of para-hydroxylation sites is 4. The number of nitrogens with zero attached hydrogens (tertiary/aromatic N) is 3. The van der Waals surface area contributed by atoms with E-state index >= 15 is 0 Å².